The standard InChI is InChI=1S/C16H21N3S/c1-5-6-13-15(17-4)18-10-19-16(13)20-14-8-7-11(2)9-12(14)3/h7-10H,5-6H2,1-4H3,(H,17,18,19). The second-order valence-electron chi connectivity index (χ2n) is 4.88. The summed E-state index contributed by atoms with van der Waals surface area (Å²) < 4.78 is 0. The fourth-order valence-corrected chi connectivity index (χ4v) is 3.18. The van der Waals surface area contributed by atoms with Crippen molar-refractivity contribution in [3.05, 3.63) is 41.2 Å². The minimum Gasteiger partial charge on any atom is -0.373 e. The van der Waals surface area contributed by atoms with Crippen molar-refractivity contribution < 1.29 is 0 Å². The van der Waals surface area contributed by atoms with E-state index in [0.717, 1.165) is 23.7 Å². The van der Waals surface area contributed by atoms with E-state index < -0.39 is 0 Å². The molecule has 1 heterocycles. The third-order valence-electron chi connectivity index (χ3n) is 3.18. The Morgan fingerprint density at radius 2 is 2.00 bits per heavy atom. The maximum absolute atomic E-state index is 4.48. The lowest BCUT2D eigenvalue weighted by Crippen LogP contribution is -2.02. The Hall–Kier alpha value is -1.55. The van der Waals surface area contributed by atoms with Crippen molar-refractivity contribution in [2.24, 2.45) is 0 Å². The van der Waals surface area contributed by atoms with Crippen LogP contribution in [-0.2, 0) is 6.42 Å². The molecule has 106 valence electrons. The summed E-state index contributed by atoms with van der Waals surface area (Å²) in [6.45, 7) is 6.45. The Bertz CT molecular complexity index is 596. The highest BCUT2D eigenvalue weighted by molar-refractivity contribution is 7.99. The zero-order valence-electron chi connectivity index (χ0n) is 12.5. The first-order chi connectivity index (χ1) is 9.65. The molecule has 20 heavy (non-hydrogen) atoms. The number of nitrogens with one attached hydrogen (secondary N) is 1. The lowest BCUT2D eigenvalue weighted by atomic mass is 10.2. The Kier molecular flexibility index (Phi) is 5.01. The van der Waals surface area contributed by atoms with Gasteiger partial charge < -0.3 is 5.32 Å². The summed E-state index contributed by atoms with van der Waals surface area (Å²) in [4.78, 5) is 10.1. The molecule has 0 aliphatic heterocycles. The fraction of sp³-hybridized carbons (Fsp3) is 0.375. The molecule has 0 fully saturated rings. The number of hydrogen-bond donors (Lipinski definition) is 1. The summed E-state index contributed by atoms with van der Waals surface area (Å²) in [7, 11) is 1.91. The Morgan fingerprint density at radius 1 is 1.20 bits per heavy atom. The van der Waals surface area contributed by atoms with E-state index in [0.29, 0.717) is 0 Å². The molecule has 0 saturated carbocycles. The van der Waals surface area contributed by atoms with Crippen molar-refractivity contribution in [3.8, 4) is 0 Å². The van der Waals surface area contributed by atoms with E-state index in [1.807, 2.05) is 7.05 Å². The lowest BCUT2D eigenvalue weighted by molar-refractivity contribution is 0.858. The van der Waals surface area contributed by atoms with E-state index in [2.05, 4.69) is 54.3 Å². The van der Waals surface area contributed by atoms with Gasteiger partial charge in [0, 0.05) is 17.5 Å². The van der Waals surface area contributed by atoms with Gasteiger partial charge in [-0.05, 0) is 31.9 Å². The van der Waals surface area contributed by atoms with Gasteiger partial charge in [-0.2, -0.15) is 0 Å². The van der Waals surface area contributed by atoms with Crippen LogP contribution in [0.25, 0.3) is 0 Å². The van der Waals surface area contributed by atoms with Crippen molar-refractivity contribution in [2.45, 2.75) is 43.5 Å². The summed E-state index contributed by atoms with van der Waals surface area (Å²) in [5.41, 5.74) is 3.80. The molecule has 0 amide bonds. The van der Waals surface area contributed by atoms with Crippen LogP contribution in [0.5, 0.6) is 0 Å². The van der Waals surface area contributed by atoms with E-state index in [1.54, 1.807) is 18.1 Å². The van der Waals surface area contributed by atoms with Crippen molar-refractivity contribution in [1.29, 1.82) is 0 Å². The summed E-state index contributed by atoms with van der Waals surface area (Å²) >= 11 is 1.73. The molecule has 0 unspecified atom stereocenters. The average molecular weight is 287 g/mol. The van der Waals surface area contributed by atoms with Crippen LogP contribution in [0.1, 0.15) is 30.0 Å². The number of hydrogen-bond acceptors (Lipinski definition) is 4. The minimum absolute atomic E-state index is 0.939. The van der Waals surface area contributed by atoms with Crippen LogP contribution in [0.2, 0.25) is 0 Å². The summed E-state index contributed by atoms with van der Waals surface area (Å²) in [5.74, 6) is 0.939. The molecule has 0 aliphatic rings. The van der Waals surface area contributed by atoms with Gasteiger partial charge in [-0.3, -0.25) is 0 Å². The summed E-state index contributed by atoms with van der Waals surface area (Å²) in [5, 5.41) is 4.22. The van der Waals surface area contributed by atoms with Crippen LogP contribution in [0.4, 0.5) is 5.82 Å². The summed E-state index contributed by atoms with van der Waals surface area (Å²) in [6.07, 6.45) is 3.71. The second kappa shape index (κ2) is 6.75. The van der Waals surface area contributed by atoms with E-state index >= 15 is 0 Å². The predicted octanol–water partition coefficient (Wildman–Crippen LogP) is 4.24. The van der Waals surface area contributed by atoms with Gasteiger partial charge >= 0.3 is 0 Å². The van der Waals surface area contributed by atoms with Crippen LogP contribution in [0.15, 0.2) is 34.4 Å². The van der Waals surface area contributed by atoms with Gasteiger partial charge in [-0.25, -0.2) is 9.97 Å². The first-order valence-corrected chi connectivity index (χ1v) is 7.74. The smallest absolute Gasteiger partial charge is 0.133 e. The highest BCUT2D eigenvalue weighted by atomic mass is 32.2. The van der Waals surface area contributed by atoms with Crippen LogP contribution < -0.4 is 5.32 Å². The van der Waals surface area contributed by atoms with Gasteiger partial charge in [0.15, 0.2) is 0 Å². The van der Waals surface area contributed by atoms with Crippen molar-refractivity contribution in [3.63, 3.8) is 0 Å². The van der Waals surface area contributed by atoms with Gasteiger partial charge in [0.25, 0.3) is 0 Å². The highest BCUT2D eigenvalue weighted by Crippen LogP contribution is 2.33. The Labute approximate surface area is 125 Å². The first kappa shape index (κ1) is 14.9. The molecular formula is C16H21N3S. The molecule has 1 aromatic carbocycles. The molecule has 4 heteroatoms. The van der Waals surface area contributed by atoms with Gasteiger partial charge in [0.05, 0.1) is 0 Å². The number of aromatic nitrogens is 2. The summed E-state index contributed by atoms with van der Waals surface area (Å²) in [6, 6.07) is 6.53. The molecular weight excluding hydrogens is 266 g/mol. The Morgan fingerprint density at radius 3 is 2.65 bits per heavy atom. The maximum atomic E-state index is 4.48. The molecule has 0 bridgehead atoms. The zero-order valence-corrected chi connectivity index (χ0v) is 13.3. The molecule has 3 nitrogen and oxygen atoms in total. The second-order valence-corrected chi connectivity index (χ2v) is 5.91. The van der Waals surface area contributed by atoms with E-state index in [9.17, 15) is 0 Å². The highest BCUT2D eigenvalue weighted by Gasteiger charge is 2.12. The van der Waals surface area contributed by atoms with Crippen LogP contribution in [0.3, 0.4) is 0 Å². The van der Waals surface area contributed by atoms with Crippen LogP contribution >= 0.6 is 11.8 Å². The predicted molar refractivity (Wildman–Crippen MR) is 85.6 cm³/mol. The normalized spacial score (nSPS) is 10.6. The molecule has 0 saturated heterocycles. The van der Waals surface area contributed by atoms with E-state index in [-0.39, 0.29) is 0 Å². The Balaban J connectivity index is 2.37. The molecule has 0 spiro atoms. The van der Waals surface area contributed by atoms with Crippen molar-refractivity contribution >= 4 is 17.6 Å². The SMILES string of the molecule is CCCc1c(NC)ncnc1Sc1ccc(C)cc1C. The molecule has 2 aromatic rings. The number of aryl methyl sites for hydroxylation is 2. The van der Waals surface area contributed by atoms with Gasteiger partial charge in [-0.1, -0.05) is 42.8 Å². The van der Waals surface area contributed by atoms with Crippen molar-refractivity contribution in [1.82, 2.24) is 9.97 Å². The van der Waals surface area contributed by atoms with Gasteiger partial charge in [0.2, 0.25) is 0 Å². The third-order valence-corrected chi connectivity index (χ3v) is 4.40. The minimum atomic E-state index is 0.939. The molecule has 1 aromatic heterocycles. The largest absolute Gasteiger partial charge is 0.373 e. The number of anilines is 1. The average Bonchev–Trinajstić information content (AvgIpc) is 2.43. The molecule has 1 N–H and O–H groups in total. The monoisotopic (exact) mass is 287 g/mol. The van der Waals surface area contributed by atoms with Crippen LogP contribution in [0, 0.1) is 13.8 Å². The molecule has 2 rings (SSSR count). The van der Waals surface area contributed by atoms with Gasteiger partial charge in [-0.15, -0.1) is 0 Å². The van der Waals surface area contributed by atoms with Crippen LogP contribution in [-0.4, -0.2) is 17.0 Å². The lowest BCUT2D eigenvalue weighted by Gasteiger charge is -2.12. The van der Waals surface area contributed by atoms with Crippen molar-refractivity contribution in [2.75, 3.05) is 12.4 Å². The quantitative estimate of drug-likeness (QED) is 0.835. The molecule has 0 atom stereocenters. The number of rotatable bonds is 5. The number of benzene rings is 1. The zero-order chi connectivity index (χ0) is 14.5. The third kappa shape index (κ3) is 3.31. The number of nitrogens with zero attached hydrogens (tertiary/aromatic N) is 2. The maximum Gasteiger partial charge on any atom is 0.133 e. The first-order valence-electron chi connectivity index (χ1n) is 6.92. The molecule has 0 aliphatic carbocycles. The van der Waals surface area contributed by atoms with Gasteiger partial charge in [0.1, 0.15) is 17.2 Å². The molecule has 0 radical (unpaired) electrons. The van der Waals surface area contributed by atoms with E-state index in [4.69, 9.17) is 0 Å². The topological polar surface area (TPSA) is 37.8 Å². The fourth-order valence-electron chi connectivity index (χ4n) is 2.19. The van der Waals surface area contributed by atoms with E-state index in [1.165, 1.54) is 21.6 Å².